The summed E-state index contributed by atoms with van der Waals surface area (Å²) in [6.07, 6.45) is -0.877. The number of aromatic nitrogens is 1. The molecule has 1 N–H and O–H groups in total. The minimum absolute atomic E-state index is 0.0292. The second-order valence-corrected chi connectivity index (χ2v) is 7.94. The van der Waals surface area contributed by atoms with Crippen LogP contribution in [0.2, 0.25) is 0 Å². The van der Waals surface area contributed by atoms with Gasteiger partial charge in [0.25, 0.3) is 0 Å². The molecule has 1 aromatic carbocycles. The van der Waals surface area contributed by atoms with E-state index in [0.29, 0.717) is 32.5 Å². The second kappa shape index (κ2) is 8.53. The molecule has 160 valence electrons. The predicted octanol–water partition coefficient (Wildman–Crippen LogP) is 4.03. The molecule has 1 aromatic heterocycles. The first-order valence-corrected chi connectivity index (χ1v) is 10.3. The number of rotatable bonds is 4. The standard InChI is InChI=1S/C22H25F3N4O/c23-22(24,25)19-9-4-11-26-20(19)28-12-5-6-16(14-28)21(30)29-13-10-18(15-29)27-17-7-2-1-3-8-17/h1-4,7-9,11,16,18,27H,5-6,10,12-15H2. The average Bonchev–Trinajstić information content (AvgIpc) is 3.22. The molecule has 5 nitrogen and oxygen atoms in total. The van der Waals surface area contributed by atoms with E-state index in [4.69, 9.17) is 0 Å². The Bertz CT molecular complexity index is 874. The number of pyridine rings is 1. The molecule has 2 saturated heterocycles. The lowest BCUT2D eigenvalue weighted by atomic mass is 9.96. The number of amides is 1. The molecule has 0 aliphatic carbocycles. The summed E-state index contributed by atoms with van der Waals surface area (Å²) in [5.74, 6) is -0.355. The topological polar surface area (TPSA) is 48.5 Å². The van der Waals surface area contributed by atoms with Gasteiger partial charge in [-0.05, 0) is 43.5 Å². The molecule has 0 bridgehead atoms. The van der Waals surface area contributed by atoms with Crippen LogP contribution in [0, 0.1) is 5.92 Å². The van der Waals surface area contributed by atoms with Gasteiger partial charge >= 0.3 is 6.18 Å². The molecular weight excluding hydrogens is 393 g/mol. The first-order chi connectivity index (χ1) is 14.4. The van der Waals surface area contributed by atoms with Gasteiger partial charge in [0.2, 0.25) is 5.91 Å². The molecular formula is C22H25F3N4O. The van der Waals surface area contributed by atoms with E-state index in [1.165, 1.54) is 12.3 Å². The van der Waals surface area contributed by atoms with Crippen LogP contribution in [0.4, 0.5) is 24.7 Å². The number of para-hydroxylation sites is 1. The van der Waals surface area contributed by atoms with Gasteiger partial charge in [0, 0.05) is 44.1 Å². The highest BCUT2D eigenvalue weighted by atomic mass is 19.4. The summed E-state index contributed by atoms with van der Waals surface area (Å²) in [6, 6.07) is 12.4. The predicted molar refractivity (Wildman–Crippen MR) is 109 cm³/mol. The number of nitrogens with one attached hydrogen (secondary N) is 1. The average molecular weight is 418 g/mol. The zero-order valence-electron chi connectivity index (χ0n) is 16.6. The third-order valence-electron chi connectivity index (χ3n) is 5.81. The number of anilines is 2. The highest BCUT2D eigenvalue weighted by molar-refractivity contribution is 5.80. The maximum atomic E-state index is 13.4. The van der Waals surface area contributed by atoms with Gasteiger partial charge in [0.05, 0.1) is 11.5 Å². The van der Waals surface area contributed by atoms with Crippen LogP contribution < -0.4 is 10.2 Å². The number of hydrogen-bond acceptors (Lipinski definition) is 4. The van der Waals surface area contributed by atoms with Gasteiger partial charge in [-0.3, -0.25) is 4.79 Å². The number of nitrogens with zero attached hydrogens (tertiary/aromatic N) is 3. The van der Waals surface area contributed by atoms with Crippen molar-refractivity contribution in [2.24, 2.45) is 5.92 Å². The molecule has 2 aromatic rings. The van der Waals surface area contributed by atoms with Crippen molar-refractivity contribution in [2.75, 3.05) is 36.4 Å². The normalized spacial score (nSPS) is 22.2. The van der Waals surface area contributed by atoms with Crippen LogP contribution in [0.15, 0.2) is 48.7 Å². The molecule has 8 heteroatoms. The monoisotopic (exact) mass is 418 g/mol. The fraction of sp³-hybridized carbons (Fsp3) is 0.455. The van der Waals surface area contributed by atoms with Crippen LogP contribution in [0.1, 0.15) is 24.8 Å². The molecule has 2 aliphatic rings. The maximum Gasteiger partial charge on any atom is 0.419 e. The lowest BCUT2D eigenvalue weighted by Crippen LogP contribution is -2.45. The lowest BCUT2D eigenvalue weighted by Gasteiger charge is -2.35. The fourth-order valence-electron chi connectivity index (χ4n) is 4.35. The molecule has 0 saturated carbocycles. The van der Waals surface area contributed by atoms with Gasteiger partial charge < -0.3 is 15.1 Å². The number of hydrogen-bond donors (Lipinski definition) is 1. The molecule has 2 fully saturated rings. The van der Waals surface area contributed by atoms with Crippen LogP contribution in [0.5, 0.6) is 0 Å². The van der Waals surface area contributed by atoms with E-state index in [-0.39, 0.29) is 30.2 Å². The Balaban J connectivity index is 1.40. The number of alkyl halides is 3. The van der Waals surface area contributed by atoms with Crippen LogP contribution >= 0.6 is 0 Å². The minimum Gasteiger partial charge on any atom is -0.380 e. The molecule has 0 spiro atoms. The van der Waals surface area contributed by atoms with Crippen molar-refractivity contribution < 1.29 is 18.0 Å². The SMILES string of the molecule is O=C(C1CCCN(c2ncccc2C(F)(F)F)C1)N1CCC(Nc2ccccc2)C1. The van der Waals surface area contributed by atoms with Gasteiger partial charge in [0.1, 0.15) is 5.82 Å². The highest BCUT2D eigenvalue weighted by Gasteiger charge is 2.38. The number of benzene rings is 1. The molecule has 2 aliphatic heterocycles. The number of likely N-dealkylation sites (tertiary alicyclic amines) is 1. The Labute approximate surface area is 173 Å². The summed E-state index contributed by atoms with van der Waals surface area (Å²) < 4.78 is 40.1. The first kappa shape index (κ1) is 20.5. The first-order valence-electron chi connectivity index (χ1n) is 10.3. The molecule has 30 heavy (non-hydrogen) atoms. The molecule has 2 unspecified atom stereocenters. The Morgan fingerprint density at radius 1 is 1.03 bits per heavy atom. The highest BCUT2D eigenvalue weighted by Crippen LogP contribution is 2.36. The van der Waals surface area contributed by atoms with Crippen molar-refractivity contribution in [3.8, 4) is 0 Å². The van der Waals surface area contributed by atoms with E-state index < -0.39 is 11.7 Å². The molecule has 2 atom stereocenters. The Morgan fingerprint density at radius 3 is 2.60 bits per heavy atom. The van der Waals surface area contributed by atoms with E-state index >= 15 is 0 Å². The summed E-state index contributed by atoms with van der Waals surface area (Å²) >= 11 is 0. The molecule has 3 heterocycles. The Morgan fingerprint density at radius 2 is 1.83 bits per heavy atom. The molecule has 4 rings (SSSR count). The van der Waals surface area contributed by atoms with E-state index in [2.05, 4.69) is 10.3 Å². The van der Waals surface area contributed by atoms with Gasteiger partial charge in [-0.1, -0.05) is 18.2 Å². The zero-order chi connectivity index (χ0) is 21.1. The van der Waals surface area contributed by atoms with E-state index in [9.17, 15) is 18.0 Å². The number of carbonyl (C=O) groups excluding carboxylic acids is 1. The smallest absolute Gasteiger partial charge is 0.380 e. The number of piperidine rings is 1. The summed E-state index contributed by atoms with van der Waals surface area (Å²) in [5.41, 5.74) is 0.280. The third-order valence-corrected chi connectivity index (χ3v) is 5.81. The fourth-order valence-corrected chi connectivity index (χ4v) is 4.35. The minimum atomic E-state index is -4.47. The van der Waals surface area contributed by atoms with Crippen molar-refractivity contribution in [1.29, 1.82) is 0 Å². The van der Waals surface area contributed by atoms with E-state index in [0.717, 1.165) is 18.2 Å². The van der Waals surface area contributed by atoms with Crippen LogP contribution in [0.3, 0.4) is 0 Å². The summed E-state index contributed by atoms with van der Waals surface area (Å²) in [6.45, 7) is 2.02. The third kappa shape index (κ3) is 4.52. The van der Waals surface area contributed by atoms with Crippen LogP contribution in [0.25, 0.3) is 0 Å². The van der Waals surface area contributed by atoms with Crippen molar-refractivity contribution in [3.63, 3.8) is 0 Å². The second-order valence-electron chi connectivity index (χ2n) is 7.94. The van der Waals surface area contributed by atoms with Crippen LogP contribution in [-0.4, -0.2) is 48.0 Å². The van der Waals surface area contributed by atoms with Gasteiger partial charge in [-0.15, -0.1) is 0 Å². The number of carbonyl (C=O) groups is 1. The summed E-state index contributed by atoms with van der Waals surface area (Å²) in [5, 5.41) is 3.45. The van der Waals surface area contributed by atoms with E-state index in [1.807, 2.05) is 35.2 Å². The lowest BCUT2D eigenvalue weighted by molar-refractivity contribution is -0.137. The molecule has 1 amide bonds. The largest absolute Gasteiger partial charge is 0.419 e. The van der Waals surface area contributed by atoms with Gasteiger partial charge in [-0.2, -0.15) is 13.2 Å². The molecule has 0 radical (unpaired) electrons. The van der Waals surface area contributed by atoms with Crippen molar-refractivity contribution in [1.82, 2.24) is 9.88 Å². The maximum absolute atomic E-state index is 13.4. The Kier molecular flexibility index (Phi) is 5.83. The number of halogens is 3. The quantitative estimate of drug-likeness (QED) is 0.815. The van der Waals surface area contributed by atoms with Crippen molar-refractivity contribution >= 4 is 17.4 Å². The zero-order valence-corrected chi connectivity index (χ0v) is 16.6. The van der Waals surface area contributed by atoms with Crippen molar-refractivity contribution in [3.05, 3.63) is 54.2 Å². The van der Waals surface area contributed by atoms with E-state index in [1.54, 1.807) is 4.90 Å². The van der Waals surface area contributed by atoms with Crippen LogP contribution in [-0.2, 0) is 11.0 Å². The summed E-state index contributed by atoms with van der Waals surface area (Å²) in [7, 11) is 0. The summed E-state index contributed by atoms with van der Waals surface area (Å²) in [4.78, 5) is 20.5. The van der Waals surface area contributed by atoms with Gasteiger partial charge in [-0.25, -0.2) is 4.98 Å². The Hall–Kier alpha value is -2.77. The van der Waals surface area contributed by atoms with Crippen molar-refractivity contribution in [2.45, 2.75) is 31.5 Å². The van der Waals surface area contributed by atoms with Gasteiger partial charge in [0.15, 0.2) is 0 Å².